The van der Waals surface area contributed by atoms with Gasteiger partial charge in [0.05, 0.1) is 6.04 Å². The zero-order valence-corrected chi connectivity index (χ0v) is 17.7. The number of fused-ring (bicyclic) bond motifs is 2. The third-order valence-corrected chi connectivity index (χ3v) is 5.33. The molecule has 2 atom stereocenters. The van der Waals surface area contributed by atoms with Crippen LogP contribution in [0.1, 0.15) is 57.6 Å². The number of benzene rings is 1. The van der Waals surface area contributed by atoms with Crippen molar-refractivity contribution in [3.8, 4) is 0 Å². The quantitative estimate of drug-likeness (QED) is 0.674. The van der Waals surface area contributed by atoms with Gasteiger partial charge in [-0.1, -0.05) is 12.1 Å². The maximum atomic E-state index is 14.6. The van der Waals surface area contributed by atoms with Gasteiger partial charge in [-0.15, -0.1) is 0 Å². The third-order valence-electron chi connectivity index (χ3n) is 5.33. The van der Waals surface area contributed by atoms with Gasteiger partial charge in [-0.25, -0.2) is 9.18 Å². The molecule has 1 aromatic carbocycles. The second-order valence-corrected chi connectivity index (χ2v) is 8.93. The number of piperidine rings is 1. The predicted octanol–water partition coefficient (Wildman–Crippen LogP) is 4.95. The van der Waals surface area contributed by atoms with Crippen molar-refractivity contribution in [2.24, 2.45) is 0 Å². The summed E-state index contributed by atoms with van der Waals surface area (Å²) in [5.74, 6) is -2.54. The Balaban J connectivity index is 1.81. The fraction of sp³-hybridized carbons (Fsp3) is 0.545. The molecule has 0 saturated carbocycles. The highest BCUT2D eigenvalue weighted by molar-refractivity contribution is 5.81. The van der Waals surface area contributed by atoms with Crippen LogP contribution in [0.3, 0.4) is 0 Å². The van der Waals surface area contributed by atoms with E-state index >= 15 is 0 Å². The van der Waals surface area contributed by atoms with Crippen molar-refractivity contribution in [2.45, 2.75) is 76.9 Å². The van der Waals surface area contributed by atoms with Crippen molar-refractivity contribution in [1.29, 1.82) is 0 Å². The smallest absolute Gasteiger partial charge is 0.444 e. The van der Waals surface area contributed by atoms with Crippen LogP contribution < -0.4 is 5.32 Å². The Morgan fingerprint density at radius 3 is 2.52 bits per heavy atom. The monoisotopic (exact) mass is 442 g/mol. The molecule has 2 aliphatic heterocycles. The number of ether oxygens (including phenoxy) is 1. The summed E-state index contributed by atoms with van der Waals surface area (Å²) in [6, 6.07) is 3.61. The molecule has 5 nitrogen and oxygen atoms in total. The van der Waals surface area contributed by atoms with Gasteiger partial charge in [0.25, 0.3) is 0 Å². The number of hydrogen-bond donors (Lipinski definition) is 1. The highest BCUT2D eigenvalue weighted by atomic mass is 19.4. The minimum absolute atomic E-state index is 0.137. The normalized spacial score (nSPS) is 21.4. The molecular formula is C22H26F4N2O3. The van der Waals surface area contributed by atoms with E-state index in [1.165, 1.54) is 18.2 Å². The second kappa shape index (κ2) is 8.51. The van der Waals surface area contributed by atoms with Gasteiger partial charge < -0.3 is 10.1 Å². The van der Waals surface area contributed by atoms with Crippen molar-refractivity contribution >= 4 is 17.6 Å². The molecule has 1 aromatic rings. The number of nitrogens with zero attached hydrogens (tertiary/aromatic N) is 1. The molecule has 1 fully saturated rings. The van der Waals surface area contributed by atoms with E-state index in [4.69, 9.17) is 4.74 Å². The molecule has 1 saturated heterocycles. The molecule has 0 aromatic heterocycles. The molecule has 3 rings (SSSR count). The molecule has 0 radical (unpaired) electrons. The lowest BCUT2D eigenvalue weighted by Crippen LogP contribution is -2.53. The molecule has 2 aliphatic rings. The van der Waals surface area contributed by atoms with Gasteiger partial charge in [-0.05, 0) is 69.7 Å². The highest BCUT2D eigenvalue weighted by Crippen LogP contribution is 2.38. The molecule has 2 bridgehead atoms. The summed E-state index contributed by atoms with van der Waals surface area (Å²) < 4.78 is 57.3. The first-order valence-electron chi connectivity index (χ1n) is 10.2. The van der Waals surface area contributed by atoms with Crippen molar-refractivity contribution in [1.82, 2.24) is 10.2 Å². The van der Waals surface area contributed by atoms with Crippen molar-refractivity contribution < 1.29 is 31.9 Å². The average Bonchev–Trinajstić information content (AvgIpc) is 2.63. The van der Waals surface area contributed by atoms with E-state index in [9.17, 15) is 27.2 Å². The molecule has 2 unspecified atom stereocenters. The summed E-state index contributed by atoms with van der Waals surface area (Å²) in [4.78, 5) is 25.5. The molecule has 0 aliphatic carbocycles. The fourth-order valence-corrected chi connectivity index (χ4v) is 4.04. The average molecular weight is 442 g/mol. The topological polar surface area (TPSA) is 58.6 Å². The first-order valence-corrected chi connectivity index (χ1v) is 10.2. The number of nitrogens with one attached hydrogen (secondary N) is 1. The van der Waals surface area contributed by atoms with Crippen LogP contribution in [0, 0.1) is 5.82 Å². The molecule has 2 heterocycles. The van der Waals surface area contributed by atoms with E-state index < -0.39 is 29.6 Å². The summed E-state index contributed by atoms with van der Waals surface area (Å²) in [7, 11) is 0. The Morgan fingerprint density at radius 2 is 1.90 bits per heavy atom. The van der Waals surface area contributed by atoms with Gasteiger partial charge in [-0.2, -0.15) is 13.2 Å². The number of carbonyl (C=O) groups is 2. The maximum Gasteiger partial charge on any atom is 0.471 e. The molecule has 9 heteroatoms. The number of halogens is 4. The SMILES string of the molecule is CC(C)(C)OC(=O)N1C2C=C(c3cc(CNC(=O)C(F)(F)F)ccc3F)CC1CCC2. The van der Waals surface area contributed by atoms with Crippen LogP contribution in [0.5, 0.6) is 0 Å². The number of hydrogen-bond acceptors (Lipinski definition) is 3. The standard InChI is InChI=1S/C22H26F4N2O3/c1-21(2,3)31-20(30)28-15-5-4-6-16(28)11-14(10-15)17-9-13(7-8-18(17)23)12-27-19(29)22(24,25)26/h7-10,15-16H,4-6,11-12H2,1-3H3,(H,27,29). The van der Waals surface area contributed by atoms with Crippen LogP contribution in [0.15, 0.2) is 24.3 Å². The summed E-state index contributed by atoms with van der Waals surface area (Å²) in [5, 5.41) is 1.80. The zero-order chi connectivity index (χ0) is 23.0. The van der Waals surface area contributed by atoms with Gasteiger partial charge in [0.2, 0.25) is 0 Å². The summed E-state index contributed by atoms with van der Waals surface area (Å²) in [5.41, 5.74) is 0.710. The Kier molecular flexibility index (Phi) is 6.34. The van der Waals surface area contributed by atoms with Gasteiger partial charge in [0, 0.05) is 18.2 Å². The molecule has 170 valence electrons. The van der Waals surface area contributed by atoms with Crippen LogP contribution in [-0.2, 0) is 16.1 Å². The molecule has 0 spiro atoms. The number of amides is 2. The van der Waals surface area contributed by atoms with Crippen LogP contribution >= 0.6 is 0 Å². The van der Waals surface area contributed by atoms with Crippen LogP contribution in [0.2, 0.25) is 0 Å². The Labute approximate surface area is 178 Å². The predicted molar refractivity (Wildman–Crippen MR) is 106 cm³/mol. The number of rotatable bonds is 3. The largest absolute Gasteiger partial charge is 0.471 e. The first-order chi connectivity index (χ1) is 14.3. The van der Waals surface area contributed by atoms with Crippen LogP contribution in [0.25, 0.3) is 5.57 Å². The van der Waals surface area contributed by atoms with Gasteiger partial charge in [-0.3, -0.25) is 9.69 Å². The van der Waals surface area contributed by atoms with Gasteiger partial charge in [0.15, 0.2) is 0 Å². The van der Waals surface area contributed by atoms with Crippen LogP contribution in [-0.4, -0.2) is 40.8 Å². The van der Waals surface area contributed by atoms with E-state index in [1.54, 1.807) is 31.0 Å². The van der Waals surface area contributed by atoms with Gasteiger partial charge in [0.1, 0.15) is 11.4 Å². The van der Waals surface area contributed by atoms with E-state index in [1.807, 2.05) is 6.08 Å². The highest BCUT2D eigenvalue weighted by Gasteiger charge is 2.40. The van der Waals surface area contributed by atoms with Gasteiger partial charge >= 0.3 is 18.2 Å². The van der Waals surface area contributed by atoms with E-state index in [0.29, 0.717) is 17.6 Å². The summed E-state index contributed by atoms with van der Waals surface area (Å²) in [6.07, 6.45) is -0.692. The molecule has 2 amide bonds. The van der Waals surface area contributed by atoms with Crippen molar-refractivity contribution in [2.75, 3.05) is 0 Å². The number of carbonyl (C=O) groups excluding carboxylic acids is 2. The lowest BCUT2D eigenvalue weighted by atomic mass is 9.82. The van der Waals surface area contributed by atoms with E-state index in [-0.39, 0.29) is 24.2 Å². The van der Waals surface area contributed by atoms with E-state index in [2.05, 4.69) is 0 Å². The first kappa shape index (κ1) is 23.1. The third kappa shape index (κ3) is 5.57. The van der Waals surface area contributed by atoms with Crippen molar-refractivity contribution in [3.05, 3.63) is 41.2 Å². The fourth-order valence-electron chi connectivity index (χ4n) is 4.04. The summed E-state index contributed by atoms with van der Waals surface area (Å²) in [6.45, 7) is 5.02. The minimum Gasteiger partial charge on any atom is -0.444 e. The Bertz CT molecular complexity index is 890. The lowest BCUT2D eigenvalue weighted by molar-refractivity contribution is -0.173. The summed E-state index contributed by atoms with van der Waals surface area (Å²) >= 11 is 0. The zero-order valence-electron chi connectivity index (χ0n) is 17.7. The lowest BCUT2D eigenvalue weighted by Gasteiger charge is -2.45. The number of alkyl halides is 3. The maximum absolute atomic E-state index is 14.6. The minimum atomic E-state index is -4.97. The molecule has 31 heavy (non-hydrogen) atoms. The van der Waals surface area contributed by atoms with E-state index in [0.717, 1.165) is 19.3 Å². The van der Waals surface area contributed by atoms with Crippen LogP contribution in [0.4, 0.5) is 22.4 Å². The van der Waals surface area contributed by atoms with Crippen molar-refractivity contribution in [3.63, 3.8) is 0 Å². The Hall–Kier alpha value is -2.58. The Morgan fingerprint density at radius 1 is 1.19 bits per heavy atom. The second-order valence-electron chi connectivity index (χ2n) is 8.93. The molecular weight excluding hydrogens is 416 g/mol. The molecule has 1 N–H and O–H groups in total.